The number of carbonyl (C=O) groups excluding carboxylic acids is 1. The van der Waals surface area contributed by atoms with E-state index in [9.17, 15) is 9.90 Å². The summed E-state index contributed by atoms with van der Waals surface area (Å²) in [4.78, 5) is 16.4. The topological polar surface area (TPSA) is 55.8 Å². The molecule has 0 atom stereocenters. The van der Waals surface area contributed by atoms with E-state index in [1.54, 1.807) is 12.1 Å². The van der Waals surface area contributed by atoms with Crippen molar-refractivity contribution < 1.29 is 9.90 Å². The molecule has 1 aromatic rings. The van der Waals surface area contributed by atoms with Gasteiger partial charge in [-0.15, -0.1) is 0 Å². The van der Waals surface area contributed by atoms with Crippen LogP contribution in [0.25, 0.3) is 0 Å². The summed E-state index contributed by atoms with van der Waals surface area (Å²) in [5.41, 5.74) is 0.977. The molecule has 0 radical (unpaired) electrons. The number of rotatable bonds is 3. The van der Waals surface area contributed by atoms with Gasteiger partial charge in [-0.25, -0.2) is 4.79 Å². The standard InChI is InChI=1S/C15H21N3O2/c19-14-3-1-2-12(10-14)11-17-8-9-18(15(17)20)13-4-6-16-7-5-13/h1-3,10,13,16,19H,4-9,11H2. The molecule has 0 unspecified atom stereocenters. The molecule has 2 saturated heterocycles. The van der Waals surface area contributed by atoms with E-state index in [1.807, 2.05) is 21.9 Å². The summed E-state index contributed by atoms with van der Waals surface area (Å²) in [6.45, 7) is 4.18. The fourth-order valence-electron chi connectivity index (χ4n) is 3.08. The van der Waals surface area contributed by atoms with E-state index in [4.69, 9.17) is 0 Å². The minimum absolute atomic E-state index is 0.139. The van der Waals surface area contributed by atoms with Crippen LogP contribution in [0.15, 0.2) is 24.3 Å². The Morgan fingerprint density at radius 1 is 1.25 bits per heavy atom. The Labute approximate surface area is 119 Å². The van der Waals surface area contributed by atoms with Crippen molar-refractivity contribution >= 4 is 6.03 Å². The molecule has 2 aliphatic rings. The van der Waals surface area contributed by atoms with E-state index in [0.717, 1.165) is 44.6 Å². The van der Waals surface area contributed by atoms with E-state index in [2.05, 4.69) is 5.32 Å². The number of nitrogens with zero attached hydrogens (tertiary/aromatic N) is 2. The first kappa shape index (κ1) is 13.2. The third-order valence-corrected chi connectivity index (χ3v) is 4.16. The molecule has 2 N–H and O–H groups in total. The van der Waals surface area contributed by atoms with Crippen LogP contribution in [0.4, 0.5) is 4.79 Å². The van der Waals surface area contributed by atoms with Crippen LogP contribution in [0.1, 0.15) is 18.4 Å². The summed E-state index contributed by atoms with van der Waals surface area (Å²) in [6, 6.07) is 7.66. The fourth-order valence-corrected chi connectivity index (χ4v) is 3.08. The van der Waals surface area contributed by atoms with Gasteiger partial charge in [0.05, 0.1) is 0 Å². The summed E-state index contributed by atoms with van der Waals surface area (Å²) in [5, 5.41) is 12.8. The molecule has 0 aromatic heterocycles. The Bertz CT molecular complexity index is 486. The zero-order valence-electron chi connectivity index (χ0n) is 11.6. The van der Waals surface area contributed by atoms with Crippen molar-refractivity contribution in [3.8, 4) is 5.75 Å². The maximum absolute atomic E-state index is 12.5. The summed E-state index contributed by atoms with van der Waals surface area (Å²) in [5.74, 6) is 0.254. The van der Waals surface area contributed by atoms with Crippen LogP contribution in [-0.4, -0.2) is 53.2 Å². The van der Waals surface area contributed by atoms with Crippen LogP contribution < -0.4 is 5.32 Å². The van der Waals surface area contributed by atoms with Gasteiger partial charge in [-0.05, 0) is 43.6 Å². The predicted octanol–water partition coefficient (Wildman–Crippen LogP) is 1.38. The number of amides is 2. The number of urea groups is 1. The van der Waals surface area contributed by atoms with Crippen molar-refractivity contribution in [2.24, 2.45) is 0 Å². The minimum Gasteiger partial charge on any atom is -0.508 e. The first-order chi connectivity index (χ1) is 9.74. The molecule has 2 heterocycles. The van der Waals surface area contributed by atoms with Gasteiger partial charge in [0.2, 0.25) is 0 Å². The van der Waals surface area contributed by atoms with Gasteiger partial charge in [0.15, 0.2) is 0 Å². The summed E-state index contributed by atoms with van der Waals surface area (Å²) < 4.78 is 0. The number of benzene rings is 1. The van der Waals surface area contributed by atoms with E-state index < -0.39 is 0 Å². The normalized spacial score (nSPS) is 20.7. The van der Waals surface area contributed by atoms with Crippen molar-refractivity contribution in [1.29, 1.82) is 0 Å². The molecule has 5 nitrogen and oxygen atoms in total. The lowest BCUT2D eigenvalue weighted by atomic mass is 10.1. The molecule has 0 spiro atoms. The van der Waals surface area contributed by atoms with Crippen LogP contribution in [0.5, 0.6) is 5.75 Å². The largest absolute Gasteiger partial charge is 0.508 e. The average molecular weight is 275 g/mol. The lowest BCUT2D eigenvalue weighted by molar-refractivity contribution is 0.164. The highest BCUT2D eigenvalue weighted by molar-refractivity contribution is 5.77. The second-order valence-corrected chi connectivity index (χ2v) is 5.55. The molecule has 0 bridgehead atoms. The first-order valence-corrected chi connectivity index (χ1v) is 7.28. The zero-order valence-corrected chi connectivity index (χ0v) is 11.6. The second kappa shape index (κ2) is 5.71. The lowest BCUT2D eigenvalue weighted by Crippen LogP contribution is -2.45. The smallest absolute Gasteiger partial charge is 0.320 e. The molecule has 20 heavy (non-hydrogen) atoms. The van der Waals surface area contributed by atoms with Crippen LogP contribution in [0.3, 0.4) is 0 Å². The molecule has 2 amide bonds. The SMILES string of the molecule is O=C1N(Cc2cccc(O)c2)CCN1C1CCNCC1. The summed E-state index contributed by atoms with van der Waals surface area (Å²) >= 11 is 0. The number of hydrogen-bond donors (Lipinski definition) is 2. The molecule has 108 valence electrons. The Kier molecular flexibility index (Phi) is 3.78. The van der Waals surface area contributed by atoms with Gasteiger partial charge in [0, 0.05) is 25.7 Å². The van der Waals surface area contributed by atoms with Crippen LogP contribution in [0, 0.1) is 0 Å². The van der Waals surface area contributed by atoms with Gasteiger partial charge < -0.3 is 20.2 Å². The maximum atomic E-state index is 12.5. The van der Waals surface area contributed by atoms with Gasteiger partial charge in [-0.2, -0.15) is 0 Å². The highest BCUT2D eigenvalue weighted by atomic mass is 16.3. The Balaban J connectivity index is 1.63. The second-order valence-electron chi connectivity index (χ2n) is 5.55. The van der Waals surface area contributed by atoms with Gasteiger partial charge >= 0.3 is 6.03 Å². The molecule has 0 saturated carbocycles. The minimum atomic E-state index is 0.139. The lowest BCUT2D eigenvalue weighted by Gasteiger charge is -2.31. The highest BCUT2D eigenvalue weighted by Gasteiger charge is 2.33. The third kappa shape index (κ3) is 2.72. The van der Waals surface area contributed by atoms with Crippen molar-refractivity contribution in [3.63, 3.8) is 0 Å². The molecule has 0 aliphatic carbocycles. The van der Waals surface area contributed by atoms with Crippen LogP contribution in [0.2, 0.25) is 0 Å². The Morgan fingerprint density at radius 3 is 2.80 bits per heavy atom. The molecule has 1 aromatic carbocycles. The van der Waals surface area contributed by atoms with Crippen molar-refractivity contribution in [2.75, 3.05) is 26.2 Å². The van der Waals surface area contributed by atoms with Gasteiger partial charge in [0.25, 0.3) is 0 Å². The van der Waals surface area contributed by atoms with E-state index in [1.165, 1.54) is 0 Å². The van der Waals surface area contributed by atoms with Gasteiger partial charge in [-0.1, -0.05) is 12.1 Å². The Morgan fingerprint density at radius 2 is 2.05 bits per heavy atom. The average Bonchev–Trinajstić information content (AvgIpc) is 2.81. The van der Waals surface area contributed by atoms with Gasteiger partial charge in [-0.3, -0.25) is 0 Å². The zero-order chi connectivity index (χ0) is 13.9. The molecular weight excluding hydrogens is 254 g/mol. The van der Waals surface area contributed by atoms with E-state index in [-0.39, 0.29) is 11.8 Å². The van der Waals surface area contributed by atoms with Crippen LogP contribution in [-0.2, 0) is 6.54 Å². The summed E-state index contributed by atoms with van der Waals surface area (Å²) in [7, 11) is 0. The quantitative estimate of drug-likeness (QED) is 0.876. The fraction of sp³-hybridized carbons (Fsp3) is 0.533. The maximum Gasteiger partial charge on any atom is 0.320 e. The highest BCUT2D eigenvalue weighted by Crippen LogP contribution is 2.21. The van der Waals surface area contributed by atoms with E-state index >= 15 is 0 Å². The number of hydrogen-bond acceptors (Lipinski definition) is 3. The number of piperidine rings is 1. The number of aromatic hydroxyl groups is 1. The first-order valence-electron chi connectivity index (χ1n) is 7.28. The molecule has 3 rings (SSSR count). The molecule has 2 aliphatic heterocycles. The number of phenols is 1. The number of nitrogens with one attached hydrogen (secondary N) is 1. The number of phenolic OH excluding ortho intramolecular Hbond substituents is 1. The number of carbonyl (C=O) groups is 1. The molecular formula is C15H21N3O2. The van der Waals surface area contributed by atoms with Crippen molar-refractivity contribution in [2.45, 2.75) is 25.4 Å². The predicted molar refractivity (Wildman–Crippen MR) is 76.5 cm³/mol. The van der Waals surface area contributed by atoms with E-state index in [0.29, 0.717) is 12.6 Å². The monoisotopic (exact) mass is 275 g/mol. The Hall–Kier alpha value is -1.75. The molecule has 2 fully saturated rings. The van der Waals surface area contributed by atoms with Crippen molar-refractivity contribution in [1.82, 2.24) is 15.1 Å². The molecule has 5 heteroatoms. The van der Waals surface area contributed by atoms with Crippen molar-refractivity contribution in [3.05, 3.63) is 29.8 Å². The third-order valence-electron chi connectivity index (χ3n) is 4.16. The van der Waals surface area contributed by atoms with Crippen LogP contribution >= 0.6 is 0 Å². The summed E-state index contributed by atoms with van der Waals surface area (Å²) in [6.07, 6.45) is 2.09. The van der Waals surface area contributed by atoms with Gasteiger partial charge in [0.1, 0.15) is 5.75 Å².